The largest absolute Gasteiger partial charge is 0.494 e. The first-order valence-electron chi connectivity index (χ1n) is 8.15. The molecular weight excluding hydrogens is 382 g/mol. The summed E-state index contributed by atoms with van der Waals surface area (Å²) in [7, 11) is 1.61. The van der Waals surface area contributed by atoms with Crippen molar-refractivity contribution >= 4 is 28.8 Å². The lowest BCUT2D eigenvalue weighted by Crippen LogP contribution is -2.04. The van der Waals surface area contributed by atoms with Crippen molar-refractivity contribution in [2.24, 2.45) is 0 Å². The minimum atomic E-state index is 0.413. The number of aromatic nitrogens is 4. The van der Waals surface area contributed by atoms with E-state index in [0.717, 1.165) is 22.5 Å². The molecule has 2 N–H and O–H groups in total. The summed E-state index contributed by atoms with van der Waals surface area (Å²) in [4.78, 5) is 4.66. The summed E-state index contributed by atoms with van der Waals surface area (Å²) in [5, 5.41) is 11.8. The second-order valence-corrected chi connectivity index (χ2v) is 7.25. The molecule has 0 spiro atoms. The van der Waals surface area contributed by atoms with E-state index in [1.54, 1.807) is 11.8 Å². The van der Waals surface area contributed by atoms with Gasteiger partial charge in [0.25, 0.3) is 0 Å². The Morgan fingerprint density at radius 1 is 1.15 bits per heavy atom. The van der Waals surface area contributed by atoms with Gasteiger partial charge in [-0.15, -0.1) is 16.4 Å². The van der Waals surface area contributed by atoms with Gasteiger partial charge in [0, 0.05) is 16.0 Å². The van der Waals surface area contributed by atoms with E-state index in [0.29, 0.717) is 27.3 Å². The number of hydrogen-bond donors (Lipinski definition) is 1. The van der Waals surface area contributed by atoms with Crippen LogP contribution in [0.15, 0.2) is 47.8 Å². The van der Waals surface area contributed by atoms with E-state index in [9.17, 15) is 0 Å². The summed E-state index contributed by atoms with van der Waals surface area (Å²) in [5.74, 6) is 1.08. The fraction of sp³-hybridized carbons (Fsp3) is 0.105. The van der Waals surface area contributed by atoms with E-state index in [4.69, 9.17) is 22.1 Å². The number of halogens is 1. The average Bonchev–Trinajstić information content (AvgIpc) is 3.29. The van der Waals surface area contributed by atoms with E-state index in [2.05, 4.69) is 15.3 Å². The molecule has 0 unspecified atom stereocenters. The molecule has 2 heterocycles. The molecule has 0 fully saturated rings. The van der Waals surface area contributed by atoms with Gasteiger partial charge in [-0.2, -0.15) is 4.68 Å². The average molecular weight is 398 g/mol. The first kappa shape index (κ1) is 17.5. The van der Waals surface area contributed by atoms with E-state index >= 15 is 0 Å². The van der Waals surface area contributed by atoms with Gasteiger partial charge in [0.05, 0.1) is 12.8 Å². The molecule has 0 radical (unpaired) electrons. The normalized spacial score (nSPS) is 10.9. The third-order valence-electron chi connectivity index (χ3n) is 4.11. The Hall–Kier alpha value is -2.90. The van der Waals surface area contributed by atoms with E-state index in [1.165, 1.54) is 11.3 Å². The maximum Gasteiger partial charge on any atom is 0.165 e. The molecule has 2 aromatic carbocycles. The van der Waals surface area contributed by atoms with Gasteiger partial charge in [0.1, 0.15) is 16.4 Å². The molecular formula is C19H16ClN5OS. The monoisotopic (exact) mass is 397 g/mol. The molecule has 0 saturated heterocycles. The number of thiazole rings is 1. The maximum atomic E-state index is 6.34. The molecule has 4 rings (SSSR count). The number of nitrogens with two attached hydrogens (primary N) is 1. The summed E-state index contributed by atoms with van der Waals surface area (Å²) in [6.07, 6.45) is 0. The van der Waals surface area contributed by atoms with Crippen LogP contribution in [0.5, 0.6) is 5.75 Å². The molecule has 8 heteroatoms. The predicted octanol–water partition coefficient (Wildman–Crippen LogP) is 4.61. The van der Waals surface area contributed by atoms with Gasteiger partial charge in [0.2, 0.25) is 0 Å². The molecule has 0 atom stereocenters. The summed E-state index contributed by atoms with van der Waals surface area (Å²) in [6.45, 7) is 2.00. The zero-order chi connectivity index (χ0) is 19.0. The molecule has 27 heavy (non-hydrogen) atoms. The highest BCUT2D eigenvalue weighted by Gasteiger charge is 2.19. The Kier molecular flexibility index (Phi) is 4.55. The van der Waals surface area contributed by atoms with Crippen LogP contribution < -0.4 is 10.5 Å². The molecule has 4 aromatic rings. The van der Waals surface area contributed by atoms with Crippen LogP contribution in [0, 0.1) is 6.92 Å². The third-order valence-corrected chi connectivity index (χ3v) is 5.22. The van der Waals surface area contributed by atoms with E-state index in [1.807, 2.05) is 54.8 Å². The zero-order valence-electron chi connectivity index (χ0n) is 14.7. The number of rotatable bonds is 4. The molecule has 0 saturated carbocycles. The number of ether oxygens (including phenoxy) is 1. The Bertz CT molecular complexity index is 1100. The number of methoxy groups -OCH3 is 1. The molecule has 0 amide bonds. The molecule has 6 nitrogen and oxygen atoms in total. The van der Waals surface area contributed by atoms with Crippen LogP contribution in [0.25, 0.3) is 27.6 Å². The highest BCUT2D eigenvalue weighted by Crippen LogP contribution is 2.33. The third kappa shape index (κ3) is 3.27. The first-order valence-corrected chi connectivity index (χ1v) is 9.40. The lowest BCUT2D eigenvalue weighted by molar-refractivity contribution is 0.411. The van der Waals surface area contributed by atoms with Gasteiger partial charge in [0.15, 0.2) is 11.5 Å². The SMILES string of the molecule is COc1ccc(C)cc1-n1nnc(-c2nc(-c3ccc(Cl)cc3)cs2)c1N. The van der Waals surface area contributed by atoms with E-state index in [-0.39, 0.29) is 0 Å². The van der Waals surface area contributed by atoms with Crippen molar-refractivity contribution in [1.29, 1.82) is 0 Å². The van der Waals surface area contributed by atoms with E-state index < -0.39 is 0 Å². The number of nitrogen functional groups attached to an aromatic ring is 1. The van der Waals surface area contributed by atoms with Crippen LogP contribution in [-0.2, 0) is 0 Å². The van der Waals surface area contributed by atoms with Gasteiger partial charge in [-0.3, -0.25) is 0 Å². The van der Waals surface area contributed by atoms with Crippen molar-refractivity contribution in [3.63, 3.8) is 0 Å². The van der Waals surface area contributed by atoms with Gasteiger partial charge in [-0.1, -0.05) is 35.0 Å². The lowest BCUT2D eigenvalue weighted by atomic mass is 10.2. The highest BCUT2D eigenvalue weighted by atomic mass is 35.5. The summed E-state index contributed by atoms with van der Waals surface area (Å²) < 4.78 is 7.00. The smallest absolute Gasteiger partial charge is 0.165 e. The van der Waals surface area contributed by atoms with Gasteiger partial charge in [-0.05, 0) is 36.8 Å². The van der Waals surface area contributed by atoms with Crippen molar-refractivity contribution in [2.75, 3.05) is 12.8 Å². The molecule has 0 aliphatic rings. The van der Waals surface area contributed by atoms with Gasteiger partial charge < -0.3 is 10.5 Å². The minimum Gasteiger partial charge on any atom is -0.494 e. The second-order valence-electron chi connectivity index (χ2n) is 5.96. The van der Waals surface area contributed by atoms with Crippen LogP contribution in [0.1, 0.15) is 5.56 Å². The maximum absolute atomic E-state index is 6.34. The summed E-state index contributed by atoms with van der Waals surface area (Å²) >= 11 is 7.42. The quantitative estimate of drug-likeness (QED) is 0.544. The van der Waals surface area contributed by atoms with Gasteiger partial charge >= 0.3 is 0 Å². The van der Waals surface area contributed by atoms with Crippen molar-refractivity contribution in [2.45, 2.75) is 6.92 Å². The number of anilines is 1. The topological polar surface area (TPSA) is 78.8 Å². The fourth-order valence-electron chi connectivity index (χ4n) is 2.72. The zero-order valence-corrected chi connectivity index (χ0v) is 16.3. The number of aryl methyl sites for hydroxylation is 1. The molecule has 0 bridgehead atoms. The second kappa shape index (κ2) is 7.02. The molecule has 2 aromatic heterocycles. The minimum absolute atomic E-state index is 0.413. The Labute approximate surface area is 165 Å². The Morgan fingerprint density at radius 2 is 1.93 bits per heavy atom. The molecule has 0 aliphatic carbocycles. The van der Waals surface area contributed by atoms with Crippen molar-refractivity contribution in [3.05, 3.63) is 58.4 Å². The Morgan fingerprint density at radius 3 is 2.67 bits per heavy atom. The summed E-state index contributed by atoms with van der Waals surface area (Å²) in [5.41, 5.74) is 10.5. The van der Waals surface area contributed by atoms with Gasteiger partial charge in [-0.25, -0.2) is 4.98 Å². The Balaban J connectivity index is 1.73. The fourth-order valence-corrected chi connectivity index (χ4v) is 3.67. The van der Waals surface area contributed by atoms with Crippen molar-refractivity contribution in [3.8, 4) is 33.4 Å². The van der Waals surface area contributed by atoms with Crippen LogP contribution >= 0.6 is 22.9 Å². The van der Waals surface area contributed by atoms with Crippen LogP contribution in [0.2, 0.25) is 5.02 Å². The first-order chi connectivity index (χ1) is 13.1. The lowest BCUT2D eigenvalue weighted by Gasteiger charge is -2.09. The molecule has 0 aliphatic heterocycles. The van der Waals surface area contributed by atoms with Crippen LogP contribution in [0.3, 0.4) is 0 Å². The molecule has 136 valence electrons. The van der Waals surface area contributed by atoms with Crippen molar-refractivity contribution < 1.29 is 4.74 Å². The number of nitrogens with zero attached hydrogens (tertiary/aromatic N) is 4. The standard InChI is InChI=1S/C19H16ClN5OS/c1-11-3-8-16(26-2)15(9-11)25-18(21)17(23-24-25)19-22-14(10-27-19)12-4-6-13(20)7-5-12/h3-10H,21H2,1-2H3. The number of benzene rings is 2. The highest BCUT2D eigenvalue weighted by molar-refractivity contribution is 7.13. The van der Waals surface area contributed by atoms with Crippen LogP contribution in [-0.4, -0.2) is 27.1 Å². The van der Waals surface area contributed by atoms with Crippen LogP contribution in [0.4, 0.5) is 5.82 Å². The summed E-state index contributed by atoms with van der Waals surface area (Å²) in [6, 6.07) is 13.3. The van der Waals surface area contributed by atoms with Crippen molar-refractivity contribution in [1.82, 2.24) is 20.0 Å². The number of hydrogen-bond acceptors (Lipinski definition) is 6. The predicted molar refractivity (Wildman–Crippen MR) is 109 cm³/mol.